The first kappa shape index (κ1) is 21.5. The molecule has 1 aromatic carbocycles. The standard InChI is InChI=1S/C23H28N4O3/c1-17(8-9-19-6-4-3-5-7-19)27(18(2)28)16-20-10-12-26(13-11-20)23-24-14-21(15-25-23)22(29)30/h3-9,14-15,17,20H,10-13,16H2,1-2H3,(H,29,30). The molecule has 7 nitrogen and oxygen atoms in total. The average molecular weight is 409 g/mol. The van der Waals surface area contributed by atoms with Crippen molar-refractivity contribution in [3.8, 4) is 0 Å². The summed E-state index contributed by atoms with van der Waals surface area (Å²) in [4.78, 5) is 35.6. The molecule has 2 heterocycles. The molecule has 158 valence electrons. The van der Waals surface area contributed by atoms with Gasteiger partial charge in [0.05, 0.1) is 5.56 Å². The van der Waals surface area contributed by atoms with Gasteiger partial charge in [0.1, 0.15) is 0 Å². The first-order valence-corrected chi connectivity index (χ1v) is 10.2. The Morgan fingerprint density at radius 2 is 1.83 bits per heavy atom. The summed E-state index contributed by atoms with van der Waals surface area (Å²) in [5.41, 5.74) is 1.21. The molecule has 1 atom stereocenters. The number of amides is 1. The molecule has 1 aliphatic heterocycles. The highest BCUT2D eigenvalue weighted by Crippen LogP contribution is 2.22. The lowest BCUT2D eigenvalue weighted by Gasteiger charge is -2.36. The summed E-state index contributed by atoms with van der Waals surface area (Å²) in [7, 11) is 0. The fraction of sp³-hybridized carbons (Fsp3) is 0.391. The van der Waals surface area contributed by atoms with Gasteiger partial charge in [0.25, 0.3) is 0 Å². The van der Waals surface area contributed by atoms with Crippen LogP contribution in [0.4, 0.5) is 5.95 Å². The molecule has 0 aliphatic carbocycles. The van der Waals surface area contributed by atoms with E-state index in [1.165, 1.54) is 12.4 Å². The number of anilines is 1. The van der Waals surface area contributed by atoms with Crippen LogP contribution in [0, 0.1) is 5.92 Å². The Balaban J connectivity index is 1.55. The van der Waals surface area contributed by atoms with E-state index in [0.717, 1.165) is 38.0 Å². The second-order valence-electron chi connectivity index (χ2n) is 7.69. The number of benzene rings is 1. The van der Waals surface area contributed by atoms with E-state index >= 15 is 0 Å². The molecule has 1 unspecified atom stereocenters. The first-order chi connectivity index (χ1) is 14.4. The molecule has 1 fully saturated rings. The molecule has 30 heavy (non-hydrogen) atoms. The zero-order chi connectivity index (χ0) is 21.5. The molecule has 7 heteroatoms. The molecule has 0 spiro atoms. The van der Waals surface area contributed by atoms with Crippen LogP contribution in [0.15, 0.2) is 48.8 Å². The Kier molecular flexibility index (Phi) is 7.17. The fourth-order valence-electron chi connectivity index (χ4n) is 3.69. The van der Waals surface area contributed by atoms with Crippen LogP contribution in [0.2, 0.25) is 0 Å². The van der Waals surface area contributed by atoms with Crippen molar-refractivity contribution < 1.29 is 14.7 Å². The molecule has 0 saturated carbocycles. The average Bonchev–Trinajstić information content (AvgIpc) is 2.77. The second-order valence-corrected chi connectivity index (χ2v) is 7.69. The quantitative estimate of drug-likeness (QED) is 0.756. The topological polar surface area (TPSA) is 86.6 Å². The number of nitrogens with zero attached hydrogens (tertiary/aromatic N) is 4. The number of hydrogen-bond donors (Lipinski definition) is 1. The van der Waals surface area contributed by atoms with Crippen LogP contribution in [-0.2, 0) is 4.79 Å². The Hall–Kier alpha value is -3.22. The van der Waals surface area contributed by atoms with Crippen molar-refractivity contribution in [3.63, 3.8) is 0 Å². The van der Waals surface area contributed by atoms with Crippen LogP contribution in [0.25, 0.3) is 6.08 Å². The summed E-state index contributed by atoms with van der Waals surface area (Å²) in [5, 5.41) is 8.97. The fourth-order valence-corrected chi connectivity index (χ4v) is 3.69. The van der Waals surface area contributed by atoms with E-state index < -0.39 is 5.97 Å². The van der Waals surface area contributed by atoms with Gasteiger partial charge in [-0.05, 0) is 31.2 Å². The van der Waals surface area contributed by atoms with E-state index in [1.54, 1.807) is 6.92 Å². The zero-order valence-corrected chi connectivity index (χ0v) is 17.4. The Labute approximate surface area is 177 Å². The van der Waals surface area contributed by atoms with Gasteiger partial charge in [-0.2, -0.15) is 0 Å². The molecule has 1 saturated heterocycles. The van der Waals surface area contributed by atoms with E-state index in [0.29, 0.717) is 11.9 Å². The maximum absolute atomic E-state index is 12.3. The molecule has 1 amide bonds. The molecule has 1 aromatic heterocycles. The van der Waals surface area contributed by atoms with Gasteiger partial charge in [-0.15, -0.1) is 0 Å². The highest BCUT2D eigenvalue weighted by molar-refractivity contribution is 5.86. The Bertz CT molecular complexity index is 875. The molecular weight excluding hydrogens is 380 g/mol. The number of carbonyl (C=O) groups excluding carboxylic acids is 1. The molecular formula is C23H28N4O3. The van der Waals surface area contributed by atoms with Crippen molar-refractivity contribution in [1.82, 2.24) is 14.9 Å². The van der Waals surface area contributed by atoms with Crippen LogP contribution < -0.4 is 4.90 Å². The van der Waals surface area contributed by atoms with E-state index in [-0.39, 0.29) is 17.5 Å². The van der Waals surface area contributed by atoms with Crippen LogP contribution in [0.1, 0.15) is 42.6 Å². The number of carboxylic acids is 1. The lowest BCUT2D eigenvalue weighted by Crippen LogP contribution is -2.43. The van der Waals surface area contributed by atoms with Crippen molar-refractivity contribution >= 4 is 23.9 Å². The van der Waals surface area contributed by atoms with Crippen LogP contribution >= 0.6 is 0 Å². The van der Waals surface area contributed by atoms with Crippen LogP contribution in [-0.4, -0.2) is 57.5 Å². The smallest absolute Gasteiger partial charge is 0.338 e. The summed E-state index contributed by atoms with van der Waals surface area (Å²) < 4.78 is 0. The van der Waals surface area contributed by atoms with Crippen molar-refractivity contribution in [1.29, 1.82) is 0 Å². The molecule has 1 N–H and O–H groups in total. The normalized spacial score (nSPS) is 15.9. The van der Waals surface area contributed by atoms with E-state index in [9.17, 15) is 9.59 Å². The van der Waals surface area contributed by atoms with E-state index in [4.69, 9.17) is 5.11 Å². The Morgan fingerprint density at radius 3 is 2.40 bits per heavy atom. The van der Waals surface area contributed by atoms with Crippen molar-refractivity contribution in [3.05, 3.63) is 59.9 Å². The van der Waals surface area contributed by atoms with Gasteiger partial charge < -0.3 is 14.9 Å². The third-order valence-electron chi connectivity index (χ3n) is 5.50. The summed E-state index contributed by atoms with van der Waals surface area (Å²) in [5.74, 6) is 0.0207. The highest BCUT2D eigenvalue weighted by Gasteiger charge is 2.25. The molecule has 0 radical (unpaired) electrons. The van der Waals surface area contributed by atoms with Gasteiger partial charge in [0, 0.05) is 45.0 Å². The minimum atomic E-state index is -1.03. The minimum absolute atomic E-state index is 0.0210. The maximum Gasteiger partial charge on any atom is 0.338 e. The predicted molar refractivity (Wildman–Crippen MR) is 116 cm³/mol. The predicted octanol–water partition coefficient (Wildman–Crippen LogP) is 3.34. The number of piperidine rings is 1. The first-order valence-electron chi connectivity index (χ1n) is 10.2. The largest absolute Gasteiger partial charge is 0.478 e. The zero-order valence-electron chi connectivity index (χ0n) is 17.4. The number of rotatable bonds is 7. The number of hydrogen-bond acceptors (Lipinski definition) is 5. The van der Waals surface area contributed by atoms with Crippen LogP contribution in [0.3, 0.4) is 0 Å². The van der Waals surface area contributed by atoms with Gasteiger partial charge in [-0.1, -0.05) is 42.5 Å². The van der Waals surface area contributed by atoms with Gasteiger partial charge in [0.2, 0.25) is 11.9 Å². The maximum atomic E-state index is 12.3. The van der Waals surface area contributed by atoms with Crippen molar-refractivity contribution in [2.75, 3.05) is 24.5 Å². The highest BCUT2D eigenvalue weighted by atomic mass is 16.4. The van der Waals surface area contributed by atoms with Gasteiger partial charge >= 0.3 is 5.97 Å². The molecule has 3 rings (SSSR count). The lowest BCUT2D eigenvalue weighted by molar-refractivity contribution is -0.130. The van der Waals surface area contributed by atoms with Crippen LogP contribution in [0.5, 0.6) is 0 Å². The number of aromatic carboxylic acids is 1. The molecule has 2 aromatic rings. The number of carbonyl (C=O) groups is 2. The summed E-state index contributed by atoms with van der Waals surface area (Å²) in [6.45, 7) is 5.98. The minimum Gasteiger partial charge on any atom is -0.478 e. The second kappa shape index (κ2) is 10.0. The van der Waals surface area contributed by atoms with Crippen molar-refractivity contribution in [2.45, 2.75) is 32.7 Å². The van der Waals surface area contributed by atoms with E-state index in [1.807, 2.05) is 42.2 Å². The molecule has 0 bridgehead atoms. The van der Waals surface area contributed by atoms with Crippen molar-refractivity contribution in [2.24, 2.45) is 5.92 Å². The SMILES string of the molecule is CC(=O)N(CC1CCN(c2ncc(C(=O)O)cn2)CC1)C(C)C=Cc1ccccc1. The summed E-state index contributed by atoms with van der Waals surface area (Å²) in [6.07, 6.45) is 8.68. The molecule has 1 aliphatic rings. The summed E-state index contributed by atoms with van der Waals surface area (Å²) >= 11 is 0. The number of carboxylic acid groups (broad SMARTS) is 1. The third kappa shape index (κ3) is 5.65. The summed E-state index contributed by atoms with van der Waals surface area (Å²) in [6, 6.07) is 10.1. The van der Waals surface area contributed by atoms with Gasteiger partial charge in [0.15, 0.2) is 0 Å². The van der Waals surface area contributed by atoms with Gasteiger partial charge in [-0.25, -0.2) is 14.8 Å². The number of aromatic nitrogens is 2. The van der Waals surface area contributed by atoms with Gasteiger partial charge in [-0.3, -0.25) is 4.79 Å². The van der Waals surface area contributed by atoms with E-state index in [2.05, 4.69) is 27.0 Å². The third-order valence-corrected chi connectivity index (χ3v) is 5.50. The monoisotopic (exact) mass is 408 g/mol. The Morgan fingerprint density at radius 1 is 1.20 bits per heavy atom. The lowest BCUT2D eigenvalue weighted by atomic mass is 9.95.